The summed E-state index contributed by atoms with van der Waals surface area (Å²) < 4.78 is 0. The number of hydrogen-bond donors (Lipinski definition) is 3. The van der Waals surface area contributed by atoms with E-state index in [4.69, 9.17) is 0 Å². The first-order valence-electron chi connectivity index (χ1n) is 8.37. The molecule has 0 unspecified atom stereocenters. The summed E-state index contributed by atoms with van der Waals surface area (Å²) in [5, 5.41) is 8.14. The first-order chi connectivity index (χ1) is 12.3. The Bertz CT molecular complexity index is 793. The lowest BCUT2D eigenvalue weighted by Crippen LogP contribution is -2.33. The molecule has 26 heavy (non-hydrogen) atoms. The second-order valence-corrected chi connectivity index (χ2v) is 6.15. The summed E-state index contributed by atoms with van der Waals surface area (Å²) >= 11 is 0. The van der Waals surface area contributed by atoms with Gasteiger partial charge in [-0.2, -0.15) is 0 Å². The van der Waals surface area contributed by atoms with E-state index < -0.39 is 0 Å². The van der Waals surface area contributed by atoms with Gasteiger partial charge in [0.1, 0.15) is 0 Å². The maximum Gasteiger partial charge on any atom is 0.255 e. The van der Waals surface area contributed by atoms with E-state index in [0.717, 1.165) is 11.1 Å². The fourth-order valence-corrected chi connectivity index (χ4v) is 2.53. The Hall–Kier alpha value is -3.15. The molecule has 3 amide bonds. The molecule has 2 aromatic rings. The maximum atomic E-state index is 12.3. The van der Waals surface area contributed by atoms with Gasteiger partial charge in [-0.1, -0.05) is 17.2 Å². The summed E-state index contributed by atoms with van der Waals surface area (Å²) in [6.07, 6.45) is 0. The second-order valence-electron chi connectivity index (χ2n) is 6.15. The average molecular weight is 353 g/mol. The van der Waals surface area contributed by atoms with Gasteiger partial charge in [0.15, 0.2) is 0 Å². The molecule has 0 aliphatic carbocycles. The van der Waals surface area contributed by atoms with Crippen molar-refractivity contribution in [3.05, 3.63) is 64.7 Å². The molecule has 2 aromatic carbocycles. The highest BCUT2D eigenvalue weighted by atomic mass is 16.2. The first-order valence-corrected chi connectivity index (χ1v) is 8.37. The summed E-state index contributed by atoms with van der Waals surface area (Å²) in [7, 11) is 0. The molecule has 3 N–H and O–H groups in total. The largest absolute Gasteiger partial charge is 0.355 e. The third kappa shape index (κ3) is 5.73. The maximum absolute atomic E-state index is 12.3. The molecular weight excluding hydrogens is 330 g/mol. The molecule has 0 radical (unpaired) electrons. The zero-order valence-corrected chi connectivity index (χ0v) is 15.2. The number of benzene rings is 2. The third-order valence-corrected chi connectivity index (χ3v) is 3.67. The third-order valence-electron chi connectivity index (χ3n) is 3.67. The monoisotopic (exact) mass is 353 g/mol. The lowest BCUT2D eigenvalue weighted by atomic mass is 10.1. The molecule has 2 rings (SSSR count). The minimum absolute atomic E-state index is 0.136. The standard InChI is InChI=1S/C20H23N3O3/c1-13-10-14(2)12-17(11-13)20(26)23-18-6-4-16(5-7-18)19(25)22-9-8-21-15(3)24/h4-7,10-12H,8-9H2,1-3H3,(H,21,24)(H,22,25)(H,23,26). The number of rotatable bonds is 6. The van der Waals surface area contributed by atoms with Crippen molar-refractivity contribution in [1.82, 2.24) is 10.6 Å². The number of anilines is 1. The molecule has 0 spiro atoms. The van der Waals surface area contributed by atoms with Crippen molar-refractivity contribution in [2.24, 2.45) is 0 Å². The van der Waals surface area contributed by atoms with Gasteiger partial charge in [0, 0.05) is 36.8 Å². The highest BCUT2D eigenvalue weighted by Gasteiger charge is 2.09. The number of amides is 3. The van der Waals surface area contributed by atoms with Crippen molar-refractivity contribution in [3.8, 4) is 0 Å². The topological polar surface area (TPSA) is 87.3 Å². The predicted molar refractivity (Wildman–Crippen MR) is 101 cm³/mol. The second kappa shape index (κ2) is 8.80. The Kier molecular flexibility index (Phi) is 6.49. The fourth-order valence-electron chi connectivity index (χ4n) is 2.53. The van der Waals surface area contributed by atoms with Crippen LogP contribution in [0.3, 0.4) is 0 Å². The van der Waals surface area contributed by atoms with Gasteiger partial charge in [-0.05, 0) is 50.2 Å². The summed E-state index contributed by atoms with van der Waals surface area (Å²) in [6, 6.07) is 12.3. The molecule has 0 fully saturated rings. The molecule has 0 saturated carbocycles. The van der Waals surface area contributed by atoms with Crippen LogP contribution in [0, 0.1) is 13.8 Å². The van der Waals surface area contributed by atoms with E-state index in [9.17, 15) is 14.4 Å². The Labute approximate surface area is 153 Å². The Morgan fingerprint density at radius 3 is 1.92 bits per heavy atom. The molecule has 0 atom stereocenters. The quantitative estimate of drug-likeness (QED) is 0.697. The van der Waals surface area contributed by atoms with Gasteiger partial charge in [0.2, 0.25) is 5.91 Å². The predicted octanol–water partition coefficient (Wildman–Crippen LogP) is 2.42. The highest BCUT2D eigenvalue weighted by Crippen LogP contribution is 2.14. The lowest BCUT2D eigenvalue weighted by Gasteiger charge is -2.09. The van der Waals surface area contributed by atoms with E-state index in [1.165, 1.54) is 6.92 Å². The summed E-state index contributed by atoms with van der Waals surface area (Å²) in [5.41, 5.74) is 3.76. The minimum Gasteiger partial charge on any atom is -0.355 e. The van der Waals surface area contributed by atoms with Crippen LogP contribution in [0.1, 0.15) is 38.8 Å². The molecule has 136 valence electrons. The van der Waals surface area contributed by atoms with E-state index in [1.54, 1.807) is 24.3 Å². The van der Waals surface area contributed by atoms with Crippen molar-refractivity contribution in [3.63, 3.8) is 0 Å². The summed E-state index contributed by atoms with van der Waals surface area (Å²) in [5.74, 6) is -0.560. The molecule has 6 heteroatoms. The zero-order chi connectivity index (χ0) is 19.1. The van der Waals surface area contributed by atoms with Crippen LogP contribution in [0.15, 0.2) is 42.5 Å². The van der Waals surface area contributed by atoms with E-state index in [-0.39, 0.29) is 17.7 Å². The van der Waals surface area contributed by atoms with Crippen LogP contribution in [0.2, 0.25) is 0 Å². The first kappa shape index (κ1) is 19.2. The van der Waals surface area contributed by atoms with Crippen molar-refractivity contribution in [2.75, 3.05) is 18.4 Å². The SMILES string of the molecule is CC(=O)NCCNC(=O)c1ccc(NC(=O)c2cc(C)cc(C)c2)cc1. The lowest BCUT2D eigenvalue weighted by molar-refractivity contribution is -0.118. The highest BCUT2D eigenvalue weighted by molar-refractivity contribution is 6.04. The number of hydrogen-bond acceptors (Lipinski definition) is 3. The molecular formula is C20H23N3O3. The molecule has 0 saturated heterocycles. The van der Waals surface area contributed by atoms with Crippen LogP contribution in [-0.4, -0.2) is 30.8 Å². The Morgan fingerprint density at radius 1 is 0.769 bits per heavy atom. The van der Waals surface area contributed by atoms with Gasteiger partial charge >= 0.3 is 0 Å². The van der Waals surface area contributed by atoms with Crippen molar-refractivity contribution < 1.29 is 14.4 Å². The summed E-state index contributed by atoms with van der Waals surface area (Å²) in [6.45, 7) is 6.05. The molecule has 0 heterocycles. The Morgan fingerprint density at radius 2 is 1.35 bits per heavy atom. The Balaban J connectivity index is 1.93. The van der Waals surface area contributed by atoms with Crippen LogP contribution in [0.25, 0.3) is 0 Å². The van der Waals surface area contributed by atoms with Crippen LogP contribution < -0.4 is 16.0 Å². The van der Waals surface area contributed by atoms with Gasteiger partial charge < -0.3 is 16.0 Å². The minimum atomic E-state index is -0.234. The van der Waals surface area contributed by atoms with Gasteiger partial charge in [0.25, 0.3) is 11.8 Å². The molecule has 0 aliphatic rings. The van der Waals surface area contributed by atoms with E-state index >= 15 is 0 Å². The van der Waals surface area contributed by atoms with Gasteiger partial charge in [-0.15, -0.1) is 0 Å². The smallest absolute Gasteiger partial charge is 0.255 e. The van der Waals surface area contributed by atoms with Gasteiger partial charge in [0.05, 0.1) is 0 Å². The number of carbonyl (C=O) groups excluding carboxylic acids is 3. The molecule has 6 nitrogen and oxygen atoms in total. The fraction of sp³-hybridized carbons (Fsp3) is 0.250. The van der Waals surface area contributed by atoms with Crippen LogP contribution in [0.5, 0.6) is 0 Å². The van der Waals surface area contributed by atoms with Crippen LogP contribution in [0.4, 0.5) is 5.69 Å². The van der Waals surface area contributed by atoms with Crippen LogP contribution in [-0.2, 0) is 4.79 Å². The average Bonchev–Trinajstić information content (AvgIpc) is 2.58. The molecule has 0 bridgehead atoms. The number of aryl methyl sites for hydroxylation is 2. The van der Waals surface area contributed by atoms with Gasteiger partial charge in [-0.3, -0.25) is 14.4 Å². The van der Waals surface area contributed by atoms with E-state index in [1.807, 2.05) is 32.0 Å². The molecule has 0 aliphatic heterocycles. The van der Waals surface area contributed by atoms with E-state index in [2.05, 4.69) is 16.0 Å². The van der Waals surface area contributed by atoms with Gasteiger partial charge in [-0.25, -0.2) is 0 Å². The zero-order valence-electron chi connectivity index (χ0n) is 15.2. The number of nitrogens with one attached hydrogen (secondary N) is 3. The van der Waals surface area contributed by atoms with Crippen molar-refractivity contribution >= 4 is 23.4 Å². The summed E-state index contributed by atoms with van der Waals surface area (Å²) in [4.78, 5) is 35.1. The molecule has 0 aromatic heterocycles. The normalized spacial score (nSPS) is 10.1. The number of carbonyl (C=O) groups is 3. The van der Waals surface area contributed by atoms with Crippen LogP contribution >= 0.6 is 0 Å². The van der Waals surface area contributed by atoms with E-state index in [0.29, 0.717) is 29.9 Å². The van der Waals surface area contributed by atoms with Crippen molar-refractivity contribution in [1.29, 1.82) is 0 Å². The van der Waals surface area contributed by atoms with Crippen molar-refractivity contribution in [2.45, 2.75) is 20.8 Å².